The van der Waals surface area contributed by atoms with Crippen molar-refractivity contribution in [1.29, 1.82) is 0 Å². The van der Waals surface area contributed by atoms with E-state index in [0.717, 1.165) is 12.2 Å². The first-order valence-electron chi connectivity index (χ1n) is 6.32. The van der Waals surface area contributed by atoms with E-state index in [-0.39, 0.29) is 0 Å². The summed E-state index contributed by atoms with van der Waals surface area (Å²) in [4.78, 5) is 0. The van der Waals surface area contributed by atoms with Crippen LogP contribution in [0.1, 0.15) is 30.5 Å². The molecule has 1 fully saturated rings. The van der Waals surface area contributed by atoms with Crippen molar-refractivity contribution in [2.75, 3.05) is 7.11 Å². The van der Waals surface area contributed by atoms with Gasteiger partial charge in [-0.1, -0.05) is 13.0 Å². The Morgan fingerprint density at radius 3 is 2.47 bits per heavy atom. The Labute approximate surface area is 104 Å². The van der Waals surface area contributed by atoms with Gasteiger partial charge in [-0.25, -0.2) is 0 Å². The topological polar surface area (TPSA) is 21.8 Å². The van der Waals surface area contributed by atoms with E-state index in [2.05, 4.69) is 39.8 Å². The maximum Gasteiger partial charge on any atom is 0.122 e. The minimum atomic E-state index is 0.449. The van der Waals surface area contributed by atoms with E-state index in [1.54, 1.807) is 7.11 Å². The molecule has 1 aliphatic rings. The second kappa shape index (κ2) is 4.69. The molecule has 3 atom stereocenters. The van der Waals surface area contributed by atoms with Crippen molar-refractivity contribution in [2.24, 2.45) is 5.92 Å². The van der Waals surface area contributed by atoms with Crippen molar-refractivity contribution < 1.29 is 9.47 Å². The van der Waals surface area contributed by atoms with Crippen molar-refractivity contribution in [3.05, 3.63) is 28.8 Å². The molecule has 1 aliphatic heterocycles. The summed E-state index contributed by atoms with van der Waals surface area (Å²) in [5.41, 5.74) is 3.94. The Bertz CT molecular complexity index is 412. The van der Waals surface area contributed by atoms with Gasteiger partial charge in [0, 0.05) is 0 Å². The minimum Gasteiger partial charge on any atom is -0.496 e. The third-order valence-corrected chi connectivity index (χ3v) is 3.71. The number of epoxide rings is 1. The number of rotatable bonds is 4. The van der Waals surface area contributed by atoms with Crippen LogP contribution >= 0.6 is 0 Å². The van der Waals surface area contributed by atoms with E-state index in [9.17, 15) is 0 Å². The lowest BCUT2D eigenvalue weighted by atomic mass is 9.92. The van der Waals surface area contributed by atoms with Crippen molar-refractivity contribution in [3.63, 3.8) is 0 Å². The molecule has 2 nitrogen and oxygen atoms in total. The Morgan fingerprint density at radius 1 is 1.29 bits per heavy atom. The molecule has 1 aromatic carbocycles. The second-order valence-electron chi connectivity index (χ2n) is 5.24. The predicted molar refractivity (Wildman–Crippen MR) is 69.7 cm³/mol. The minimum absolute atomic E-state index is 0.449. The summed E-state index contributed by atoms with van der Waals surface area (Å²) in [5, 5.41) is 0. The van der Waals surface area contributed by atoms with Crippen LogP contribution in [0, 0.1) is 19.8 Å². The van der Waals surface area contributed by atoms with Gasteiger partial charge in [-0.2, -0.15) is 0 Å². The maximum atomic E-state index is 5.54. The van der Waals surface area contributed by atoms with Crippen molar-refractivity contribution in [1.82, 2.24) is 0 Å². The maximum absolute atomic E-state index is 5.54. The average Bonchev–Trinajstić information content (AvgIpc) is 3.00. The van der Waals surface area contributed by atoms with Gasteiger partial charge < -0.3 is 9.47 Å². The molecule has 0 N–H and O–H groups in total. The molecule has 0 amide bonds. The molecule has 0 spiro atoms. The average molecular weight is 234 g/mol. The summed E-state index contributed by atoms with van der Waals surface area (Å²) in [6.45, 7) is 8.67. The Morgan fingerprint density at radius 2 is 1.94 bits per heavy atom. The number of benzene rings is 1. The third kappa shape index (κ3) is 2.63. The van der Waals surface area contributed by atoms with Crippen molar-refractivity contribution >= 4 is 0 Å². The highest BCUT2D eigenvalue weighted by Crippen LogP contribution is 2.32. The Balaban J connectivity index is 2.13. The molecule has 94 valence electrons. The largest absolute Gasteiger partial charge is 0.496 e. The van der Waals surface area contributed by atoms with E-state index in [1.807, 2.05) is 0 Å². The molecule has 3 unspecified atom stereocenters. The lowest BCUT2D eigenvalue weighted by molar-refractivity contribution is 0.328. The van der Waals surface area contributed by atoms with E-state index >= 15 is 0 Å². The van der Waals surface area contributed by atoms with Crippen LogP contribution in [-0.4, -0.2) is 19.3 Å². The van der Waals surface area contributed by atoms with Gasteiger partial charge in [0.15, 0.2) is 0 Å². The van der Waals surface area contributed by atoms with Crippen molar-refractivity contribution in [3.8, 4) is 5.75 Å². The molecule has 1 heterocycles. The molecule has 0 radical (unpaired) electrons. The van der Waals surface area contributed by atoms with Crippen LogP contribution in [0.4, 0.5) is 0 Å². The highest BCUT2D eigenvalue weighted by Gasteiger charge is 2.38. The van der Waals surface area contributed by atoms with Gasteiger partial charge in [-0.3, -0.25) is 0 Å². The van der Waals surface area contributed by atoms with Gasteiger partial charge in [0.1, 0.15) is 5.75 Å². The summed E-state index contributed by atoms with van der Waals surface area (Å²) in [7, 11) is 1.73. The van der Waals surface area contributed by atoms with E-state index in [0.29, 0.717) is 18.1 Å². The van der Waals surface area contributed by atoms with Gasteiger partial charge in [-0.05, 0) is 55.9 Å². The lowest BCUT2D eigenvalue weighted by Crippen LogP contribution is -2.10. The fourth-order valence-corrected chi connectivity index (χ4v) is 2.55. The molecule has 17 heavy (non-hydrogen) atoms. The van der Waals surface area contributed by atoms with Gasteiger partial charge in [0.25, 0.3) is 0 Å². The van der Waals surface area contributed by atoms with E-state index < -0.39 is 0 Å². The highest BCUT2D eigenvalue weighted by atomic mass is 16.6. The molecule has 1 saturated heterocycles. The second-order valence-corrected chi connectivity index (χ2v) is 5.24. The zero-order chi connectivity index (χ0) is 12.6. The molecule has 0 bridgehead atoms. The fourth-order valence-electron chi connectivity index (χ4n) is 2.55. The zero-order valence-corrected chi connectivity index (χ0v) is 11.4. The van der Waals surface area contributed by atoms with Crippen LogP contribution in [-0.2, 0) is 11.2 Å². The normalized spacial score (nSPS) is 24.5. The molecule has 2 rings (SSSR count). The summed E-state index contributed by atoms with van der Waals surface area (Å²) in [6, 6.07) is 4.38. The van der Waals surface area contributed by atoms with Crippen LogP contribution in [0.25, 0.3) is 0 Å². The molecule has 0 saturated carbocycles. The zero-order valence-electron chi connectivity index (χ0n) is 11.4. The SMILES string of the molecule is COc1cc(C)c(CC(C)C2OC2C)cc1C. The molecule has 1 aromatic rings. The summed E-state index contributed by atoms with van der Waals surface area (Å²) in [5.74, 6) is 1.58. The lowest BCUT2D eigenvalue weighted by Gasteiger charge is -2.14. The van der Waals surface area contributed by atoms with Gasteiger partial charge in [0.05, 0.1) is 19.3 Å². The van der Waals surface area contributed by atoms with Crippen LogP contribution in [0.2, 0.25) is 0 Å². The van der Waals surface area contributed by atoms with E-state index in [1.165, 1.54) is 16.7 Å². The van der Waals surface area contributed by atoms with Crippen molar-refractivity contribution in [2.45, 2.75) is 46.3 Å². The first kappa shape index (κ1) is 12.4. The number of hydrogen-bond donors (Lipinski definition) is 0. The smallest absolute Gasteiger partial charge is 0.122 e. The Kier molecular flexibility index (Phi) is 3.43. The Hall–Kier alpha value is -1.02. The van der Waals surface area contributed by atoms with E-state index in [4.69, 9.17) is 9.47 Å². The number of methoxy groups -OCH3 is 1. The third-order valence-electron chi connectivity index (χ3n) is 3.71. The van der Waals surface area contributed by atoms with Crippen LogP contribution in [0.15, 0.2) is 12.1 Å². The molecule has 2 heteroatoms. The van der Waals surface area contributed by atoms with Gasteiger partial charge in [0.2, 0.25) is 0 Å². The highest BCUT2D eigenvalue weighted by molar-refractivity contribution is 5.41. The number of ether oxygens (including phenoxy) is 2. The monoisotopic (exact) mass is 234 g/mol. The van der Waals surface area contributed by atoms with Crippen LogP contribution < -0.4 is 4.74 Å². The fraction of sp³-hybridized carbons (Fsp3) is 0.600. The predicted octanol–water partition coefficient (Wildman–Crippen LogP) is 3.28. The quantitative estimate of drug-likeness (QED) is 0.746. The van der Waals surface area contributed by atoms with Gasteiger partial charge in [-0.15, -0.1) is 0 Å². The number of hydrogen-bond acceptors (Lipinski definition) is 2. The van der Waals surface area contributed by atoms with Gasteiger partial charge >= 0.3 is 0 Å². The molecule has 0 aliphatic carbocycles. The number of aryl methyl sites for hydroxylation is 2. The molecular formula is C15H22O2. The first-order valence-corrected chi connectivity index (χ1v) is 6.32. The first-order chi connectivity index (χ1) is 8.02. The molecule has 0 aromatic heterocycles. The van der Waals surface area contributed by atoms with Crippen LogP contribution in [0.5, 0.6) is 5.75 Å². The van der Waals surface area contributed by atoms with Crippen LogP contribution in [0.3, 0.4) is 0 Å². The summed E-state index contributed by atoms with van der Waals surface area (Å²) >= 11 is 0. The molecular weight excluding hydrogens is 212 g/mol. The summed E-state index contributed by atoms with van der Waals surface area (Å²) < 4.78 is 10.9. The standard InChI is InChI=1S/C15H22O2/c1-9-8-14(16-5)10(2)6-13(9)7-11(3)15-12(4)17-15/h6,8,11-12,15H,7H2,1-5H3. The summed E-state index contributed by atoms with van der Waals surface area (Å²) in [6.07, 6.45) is 1.99.